The lowest BCUT2D eigenvalue weighted by Crippen LogP contribution is -2.19. The Balaban J connectivity index is 2.39. The van der Waals surface area contributed by atoms with Crippen LogP contribution in [0.5, 0.6) is 0 Å². The normalized spacial score (nSPS) is 14.2. The summed E-state index contributed by atoms with van der Waals surface area (Å²) in [5.41, 5.74) is 2.74. The molecule has 0 aromatic heterocycles. The van der Waals surface area contributed by atoms with Crippen LogP contribution in [-0.2, 0) is 6.42 Å². The van der Waals surface area contributed by atoms with Crippen LogP contribution in [0.1, 0.15) is 22.8 Å². The van der Waals surface area contributed by atoms with Crippen molar-refractivity contribution in [3.63, 3.8) is 0 Å². The second-order valence-electron chi connectivity index (χ2n) is 3.48. The van der Waals surface area contributed by atoms with E-state index in [4.69, 9.17) is 5.11 Å². The monoisotopic (exact) mass is 191 g/mol. The molecule has 0 amide bonds. The Morgan fingerprint density at radius 3 is 3.00 bits per heavy atom. The first-order valence-electron chi connectivity index (χ1n) is 4.83. The fourth-order valence-electron chi connectivity index (χ4n) is 1.93. The van der Waals surface area contributed by atoms with Crippen molar-refractivity contribution in [3.05, 3.63) is 29.3 Å². The zero-order chi connectivity index (χ0) is 10.1. The van der Waals surface area contributed by atoms with Gasteiger partial charge < -0.3 is 10.0 Å². The van der Waals surface area contributed by atoms with Crippen LogP contribution < -0.4 is 4.90 Å². The fraction of sp³-hybridized carbons (Fsp3) is 0.364. The van der Waals surface area contributed by atoms with E-state index in [1.54, 1.807) is 12.1 Å². The van der Waals surface area contributed by atoms with Gasteiger partial charge in [0.1, 0.15) is 0 Å². The molecular formula is C11H13NO2. The molecule has 0 spiro atoms. The van der Waals surface area contributed by atoms with Crippen LogP contribution >= 0.6 is 0 Å². The molecular weight excluding hydrogens is 178 g/mol. The Morgan fingerprint density at radius 1 is 1.57 bits per heavy atom. The second kappa shape index (κ2) is 3.33. The minimum atomic E-state index is -0.845. The molecule has 1 heterocycles. The maximum absolute atomic E-state index is 10.7. The molecule has 0 aliphatic carbocycles. The quantitative estimate of drug-likeness (QED) is 0.774. The van der Waals surface area contributed by atoms with E-state index >= 15 is 0 Å². The van der Waals surface area contributed by atoms with Gasteiger partial charge in [-0.2, -0.15) is 0 Å². The largest absolute Gasteiger partial charge is 0.478 e. The van der Waals surface area contributed by atoms with Crippen molar-refractivity contribution in [1.29, 1.82) is 0 Å². The lowest BCUT2D eigenvalue weighted by Gasteiger charge is -2.16. The van der Waals surface area contributed by atoms with Crippen LogP contribution in [0.3, 0.4) is 0 Å². The van der Waals surface area contributed by atoms with E-state index in [0.29, 0.717) is 5.56 Å². The summed E-state index contributed by atoms with van der Waals surface area (Å²) in [7, 11) is 0. The summed E-state index contributed by atoms with van der Waals surface area (Å²) in [5, 5.41) is 8.83. The van der Waals surface area contributed by atoms with E-state index in [0.717, 1.165) is 25.1 Å². The number of carboxylic acid groups (broad SMARTS) is 1. The van der Waals surface area contributed by atoms with Gasteiger partial charge in [0.05, 0.1) is 5.56 Å². The van der Waals surface area contributed by atoms with Crippen molar-refractivity contribution < 1.29 is 9.90 Å². The van der Waals surface area contributed by atoms with Gasteiger partial charge in [-0.05, 0) is 37.1 Å². The van der Waals surface area contributed by atoms with Gasteiger partial charge in [-0.25, -0.2) is 4.79 Å². The van der Waals surface area contributed by atoms with E-state index in [1.165, 1.54) is 5.69 Å². The molecule has 0 saturated heterocycles. The van der Waals surface area contributed by atoms with Crippen molar-refractivity contribution >= 4 is 11.7 Å². The van der Waals surface area contributed by atoms with Crippen molar-refractivity contribution in [2.24, 2.45) is 0 Å². The molecule has 1 N–H and O–H groups in total. The Morgan fingerprint density at radius 2 is 2.36 bits per heavy atom. The molecule has 14 heavy (non-hydrogen) atoms. The van der Waals surface area contributed by atoms with Gasteiger partial charge in [0.2, 0.25) is 0 Å². The van der Waals surface area contributed by atoms with Crippen molar-refractivity contribution in [1.82, 2.24) is 0 Å². The molecule has 3 nitrogen and oxygen atoms in total. The number of nitrogens with zero attached hydrogens (tertiary/aromatic N) is 1. The number of benzene rings is 1. The molecule has 1 aliphatic heterocycles. The molecule has 0 bridgehead atoms. The van der Waals surface area contributed by atoms with Crippen molar-refractivity contribution in [3.8, 4) is 0 Å². The van der Waals surface area contributed by atoms with E-state index in [9.17, 15) is 4.79 Å². The summed E-state index contributed by atoms with van der Waals surface area (Å²) in [5.74, 6) is -0.845. The lowest BCUT2D eigenvalue weighted by atomic mass is 10.1. The van der Waals surface area contributed by atoms with Gasteiger partial charge in [0.25, 0.3) is 0 Å². The molecule has 1 aromatic rings. The Labute approximate surface area is 83.0 Å². The molecule has 0 radical (unpaired) electrons. The standard InChI is InChI=1S/C11H13NO2/c1-2-12-6-5-8-7-9(11(13)14)3-4-10(8)12/h3-4,7H,2,5-6H2,1H3,(H,13,14). The highest BCUT2D eigenvalue weighted by Crippen LogP contribution is 2.28. The molecule has 3 heteroatoms. The van der Waals surface area contributed by atoms with Gasteiger partial charge in [-0.15, -0.1) is 0 Å². The molecule has 74 valence electrons. The Bertz CT molecular complexity index is 374. The highest BCUT2D eigenvalue weighted by molar-refractivity contribution is 5.88. The average molecular weight is 191 g/mol. The lowest BCUT2D eigenvalue weighted by molar-refractivity contribution is 0.0697. The average Bonchev–Trinajstić information content (AvgIpc) is 2.59. The van der Waals surface area contributed by atoms with Crippen LogP contribution in [-0.4, -0.2) is 24.2 Å². The number of likely N-dealkylation sites (N-methyl/N-ethyl adjacent to an activating group) is 1. The third-order valence-electron chi connectivity index (χ3n) is 2.70. The number of aromatic carboxylic acids is 1. The van der Waals surface area contributed by atoms with Gasteiger partial charge in [0.15, 0.2) is 0 Å². The summed E-state index contributed by atoms with van der Waals surface area (Å²) < 4.78 is 0. The van der Waals surface area contributed by atoms with E-state index < -0.39 is 5.97 Å². The predicted octanol–water partition coefficient (Wildman–Crippen LogP) is 1.77. The summed E-state index contributed by atoms with van der Waals surface area (Å²) in [4.78, 5) is 13.0. The number of carboxylic acids is 1. The molecule has 0 fully saturated rings. The van der Waals surface area contributed by atoms with Crippen LogP contribution in [0.25, 0.3) is 0 Å². The molecule has 0 saturated carbocycles. The summed E-state index contributed by atoms with van der Waals surface area (Å²) in [6, 6.07) is 5.37. The highest BCUT2D eigenvalue weighted by Gasteiger charge is 2.18. The van der Waals surface area contributed by atoms with E-state index in [2.05, 4.69) is 11.8 Å². The number of anilines is 1. The number of fused-ring (bicyclic) bond motifs is 1. The molecule has 2 rings (SSSR count). The smallest absolute Gasteiger partial charge is 0.335 e. The summed E-state index contributed by atoms with van der Waals surface area (Å²) in [6.45, 7) is 4.11. The van der Waals surface area contributed by atoms with E-state index in [-0.39, 0.29) is 0 Å². The SMILES string of the molecule is CCN1CCc2cc(C(=O)O)ccc21. The molecule has 0 atom stereocenters. The van der Waals surface area contributed by atoms with Crippen LogP contribution in [0.15, 0.2) is 18.2 Å². The number of hydrogen-bond acceptors (Lipinski definition) is 2. The van der Waals surface area contributed by atoms with Gasteiger partial charge in [-0.1, -0.05) is 0 Å². The van der Waals surface area contributed by atoms with Gasteiger partial charge >= 0.3 is 5.97 Å². The Hall–Kier alpha value is -1.51. The van der Waals surface area contributed by atoms with Crippen LogP contribution in [0.2, 0.25) is 0 Å². The number of rotatable bonds is 2. The first-order chi connectivity index (χ1) is 6.72. The van der Waals surface area contributed by atoms with Crippen LogP contribution in [0.4, 0.5) is 5.69 Å². The fourth-order valence-corrected chi connectivity index (χ4v) is 1.93. The summed E-state index contributed by atoms with van der Waals surface area (Å²) >= 11 is 0. The zero-order valence-corrected chi connectivity index (χ0v) is 8.16. The maximum atomic E-state index is 10.7. The number of carbonyl (C=O) groups is 1. The third-order valence-corrected chi connectivity index (χ3v) is 2.70. The second-order valence-corrected chi connectivity index (χ2v) is 3.48. The van der Waals surface area contributed by atoms with Gasteiger partial charge in [0, 0.05) is 18.8 Å². The predicted molar refractivity (Wildman–Crippen MR) is 55.0 cm³/mol. The van der Waals surface area contributed by atoms with Crippen LogP contribution in [0, 0.1) is 0 Å². The topological polar surface area (TPSA) is 40.5 Å². The third kappa shape index (κ3) is 1.35. The summed E-state index contributed by atoms with van der Waals surface area (Å²) in [6.07, 6.45) is 0.963. The minimum absolute atomic E-state index is 0.390. The first-order valence-corrected chi connectivity index (χ1v) is 4.83. The molecule has 1 aliphatic rings. The molecule has 0 unspecified atom stereocenters. The first kappa shape index (κ1) is 9.06. The highest BCUT2D eigenvalue weighted by atomic mass is 16.4. The maximum Gasteiger partial charge on any atom is 0.335 e. The molecule has 1 aromatic carbocycles. The minimum Gasteiger partial charge on any atom is -0.478 e. The van der Waals surface area contributed by atoms with Gasteiger partial charge in [-0.3, -0.25) is 0 Å². The van der Waals surface area contributed by atoms with Crippen molar-refractivity contribution in [2.45, 2.75) is 13.3 Å². The van der Waals surface area contributed by atoms with Crippen molar-refractivity contribution in [2.75, 3.05) is 18.0 Å². The van der Waals surface area contributed by atoms with E-state index in [1.807, 2.05) is 6.07 Å². The number of hydrogen-bond donors (Lipinski definition) is 1. The zero-order valence-electron chi connectivity index (χ0n) is 8.16. The Kier molecular flexibility index (Phi) is 2.15.